The Balaban J connectivity index is 2.86. The number of nitrogens with zero attached hydrogens (tertiary/aromatic N) is 3. The first-order valence-corrected chi connectivity index (χ1v) is 6.10. The fourth-order valence-corrected chi connectivity index (χ4v) is 1.67. The van der Waals surface area contributed by atoms with Crippen LogP contribution in [-0.2, 0) is 6.54 Å². The second kappa shape index (κ2) is 6.56. The van der Waals surface area contributed by atoms with Gasteiger partial charge in [0, 0.05) is 13.1 Å². The third kappa shape index (κ3) is 3.98. The lowest BCUT2D eigenvalue weighted by atomic mass is 10.4. The van der Waals surface area contributed by atoms with Gasteiger partial charge in [0.15, 0.2) is 0 Å². The normalized spacial score (nSPS) is 10.6. The van der Waals surface area contributed by atoms with E-state index in [9.17, 15) is 4.79 Å². The van der Waals surface area contributed by atoms with Crippen molar-refractivity contribution >= 4 is 21.6 Å². The first-order valence-electron chi connectivity index (χ1n) is 5.31. The highest BCUT2D eigenvalue weighted by atomic mass is 79.9. The van der Waals surface area contributed by atoms with Crippen LogP contribution in [0.25, 0.3) is 0 Å². The molecule has 1 aromatic rings. The minimum absolute atomic E-state index is 0.124. The molecule has 1 aromatic heterocycles. The minimum Gasteiger partial charge on any atom is -0.379 e. The molecule has 0 unspecified atom stereocenters. The molecule has 0 saturated carbocycles. The fourth-order valence-electron chi connectivity index (χ4n) is 1.22. The summed E-state index contributed by atoms with van der Waals surface area (Å²) < 4.78 is 1.96. The standard InChI is InChI=1S/C11H17BrN4O/c1-4-5-13-9-8-14-16(7-6-15(2)3)11(17)10(9)12/h4,8,13H,1,5-7H2,2-3H3. The third-order valence-electron chi connectivity index (χ3n) is 2.18. The summed E-state index contributed by atoms with van der Waals surface area (Å²) in [4.78, 5) is 13.9. The average Bonchev–Trinajstić information content (AvgIpc) is 2.29. The number of nitrogens with one attached hydrogen (secondary N) is 1. The zero-order valence-electron chi connectivity index (χ0n) is 10.1. The van der Waals surface area contributed by atoms with Gasteiger partial charge in [0.1, 0.15) is 4.47 Å². The Kier molecular flexibility index (Phi) is 5.37. The van der Waals surface area contributed by atoms with Crippen LogP contribution in [0.5, 0.6) is 0 Å². The number of hydrogen-bond acceptors (Lipinski definition) is 4. The van der Waals surface area contributed by atoms with E-state index in [4.69, 9.17) is 0 Å². The van der Waals surface area contributed by atoms with Crippen molar-refractivity contribution in [1.82, 2.24) is 14.7 Å². The lowest BCUT2D eigenvalue weighted by Crippen LogP contribution is -2.29. The van der Waals surface area contributed by atoms with Gasteiger partial charge in [-0.1, -0.05) is 6.08 Å². The Bertz CT molecular complexity index is 442. The van der Waals surface area contributed by atoms with Crippen molar-refractivity contribution in [2.75, 3.05) is 32.5 Å². The van der Waals surface area contributed by atoms with Gasteiger partial charge >= 0.3 is 0 Å². The lowest BCUT2D eigenvalue weighted by molar-refractivity contribution is 0.367. The molecule has 0 spiro atoms. The summed E-state index contributed by atoms with van der Waals surface area (Å²) in [7, 11) is 3.92. The quantitative estimate of drug-likeness (QED) is 0.801. The monoisotopic (exact) mass is 300 g/mol. The molecule has 0 aliphatic rings. The zero-order chi connectivity index (χ0) is 12.8. The highest BCUT2D eigenvalue weighted by Crippen LogP contribution is 2.15. The fraction of sp³-hybridized carbons (Fsp3) is 0.455. The van der Waals surface area contributed by atoms with Gasteiger partial charge in [0.2, 0.25) is 0 Å². The Morgan fingerprint density at radius 3 is 2.94 bits per heavy atom. The van der Waals surface area contributed by atoms with E-state index in [0.29, 0.717) is 23.2 Å². The van der Waals surface area contributed by atoms with E-state index in [-0.39, 0.29) is 5.56 Å². The SMILES string of the molecule is C=CCNc1cnn(CCN(C)C)c(=O)c1Br. The summed E-state index contributed by atoms with van der Waals surface area (Å²) in [6.07, 6.45) is 3.37. The van der Waals surface area contributed by atoms with Crippen LogP contribution < -0.4 is 10.9 Å². The molecule has 6 heteroatoms. The molecule has 1 rings (SSSR count). The molecule has 0 radical (unpaired) electrons. The second-order valence-corrected chi connectivity index (χ2v) is 4.67. The van der Waals surface area contributed by atoms with E-state index in [1.165, 1.54) is 4.68 Å². The molecule has 0 bridgehead atoms. The number of anilines is 1. The summed E-state index contributed by atoms with van der Waals surface area (Å²) in [5.74, 6) is 0. The Morgan fingerprint density at radius 2 is 2.35 bits per heavy atom. The molecule has 1 heterocycles. The predicted molar refractivity (Wildman–Crippen MR) is 73.4 cm³/mol. The van der Waals surface area contributed by atoms with Crippen molar-refractivity contribution in [3.05, 3.63) is 33.7 Å². The highest BCUT2D eigenvalue weighted by molar-refractivity contribution is 9.10. The summed E-state index contributed by atoms with van der Waals surface area (Å²) in [6, 6.07) is 0. The van der Waals surface area contributed by atoms with Crippen LogP contribution in [0.1, 0.15) is 0 Å². The summed E-state index contributed by atoms with van der Waals surface area (Å²) in [5, 5.41) is 7.16. The molecule has 0 fully saturated rings. The van der Waals surface area contributed by atoms with Crippen LogP contribution in [0.4, 0.5) is 5.69 Å². The molecule has 0 amide bonds. The van der Waals surface area contributed by atoms with Crippen LogP contribution in [-0.4, -0.2) is 41.9 Å². The van der Waals surface area contributed by atoms with Crippen LogP contribution in [0.2, 0.25) is 0 Å². The van der Waals surface area contributed by atoms with Crippen LogP contribution in [0.3, 0.4) is 0 Å². The molecular formula is C11H17BrN4O. The smallest absolute Gasteiger partial charge is 0.283 e. The predicted octanol–water partition coefficient (Wildman–Crippen LogP) is 1.17. The molecule has 1 N–H and O–H groups in total. The molecule has 5 nitrogen and oxygen atoms in total. The third-order valence-corrected chi connectivity index (χ3v) is 2.95. The maximum atomic E-state index is 11.9. The van der Waals surface area contributed by atoms with E-state index < -0.39 is 0 Å². The summed E-state index contributed by atoms with van der Waals surface area (Å²) >= 11 is 3.28. The first kappa shape index (κ1) is 13.9. The summed E-state index contributed by atoms with van der Waals surface area (Å²) in [6.45, 7) is 5.56. The van der Waals surface area contributed by atoms with E-state index in [2.05, 4.69) is 32.9 Å². The van der Waals surface area contributed by atoms with Crippen molar-refractivity contribution in [2.45, 2.75) is 6.54 Å². The van der Waals surface area contributed by atoms with Gasteiger partial charge < -0.3 is 10.2 Å². The number of aromatic nitrogens is 2. The van der Waals surface area contributed by atoms with Crippen molar-refractivity contribution in [2.24, 2.45) is 0 Å². The Labute approximate surface area is 109 Å². The zero-order valence-corrected chi connectivity index (χ0v) is 11.7. The van der Waals surface area contributed by atoms with Gasteiger partial charge in [0.25, 0.3) is 5.56 Å². The minimum atomic E-state index is -0.124. The van der Waals surface area contributed by atoms with Gasteiger partial charge in [-0.25, -0.2) is 4.68 Å². The molecule has 0 aromatic carbocycles. The van der Waals surface area contributed by atoms with E-state index in [1.54, 1.807) is 12.3 Å². The lowest BCUT2D eigenvalue weighted by Gasteiger charge is -2.12. The molecule has 0 aliphatic heterocycles. The molecule has 94 valence electrons. The highest BCUT2D eigenvalue weighted by Gasteiger charge is 2.07. The molecule has 0 aliphatic carbocycles. The number of likely N-dealkylation sites (N-methyl/N-ethyl adjacent to an activating group) is 1. The molecule has 0 saturated heterocycles. The Morgan fingerprint density at radius 1 is 1.65 bits per heavy atom. The molecule has 0 atom stereocenters. The van der Waals surface area contributed by atoms with E-state index in [0.717, 1.165) is 6.54 Å². The number of hydrogen-bond donors (Lipinski definition) is 1. The largest absolute Gasteiger partial charge is 0.379 e. The Hall–Kier alpha value is -1.14. The van der Waals surface area contributed by atoms with Crippen molar-refractivity contribution in [3.8, 4) is 0 Å². The van der Waals surface area contributed by atoms with Crippen molar-refractivity contribution in [1.29, 1.82) is 0 Å². The van der Waals surface area contributed by atoms with E-state index in [1.807, 2.05) is 19.0 Å². The van der Waals surface area contributed by atoms with Crippen LogP contribution in [0.15, 0.2) is 28.1 Å². The van der Waals surface area contributed by atoms with Gasteiger partial charge in [0.05, 0.1) is 18.4 Å². The summed E-state index contributed by atoms with van der Waals surface area (Å²) in [5.41, 5.74) is 0.567. The van der Waals surface area contributed by atoms with Crippen molar-refractivity contribution in [3.63, 3.8) is 0 Å². The van der Waals surface area contributed by atoms with Gasteiger partial charge in [-0.05, 0) is 30.0 Å². The first-order chi connectivity index (χ1) is 8.06. The van der Waals surface area contributed by atoms with Crippen LogP contribution in [0, 0.1) is 0 Å². The van der Waals surface area contributed by atoms with Gasteiger partial charge in [-0.15, -0.1) is 6.58 Å². The van der Waals surface area contributed by atoms with Gasteiger partial charge in [-0.2, -0.15) is 5.10 Å². The average molecular weight is 301 g/mol. The van der Waals surface area contributed by atoms with E-state index >= 15 is 0 Å². The second-order valence-electron chi connectivity index (χ2n) is 3.87. The topological polar surface area (TPSA) is 50.2 Å². The number of rotatable bonds is 6. The number of halogens is 1. The van der Waals surface area contributed by atoms with Crippen LogP contribution >= 0.6 is 15.9 Å². The van der Waals surface area contributed by atoms with Crippen molar-refractivity contribution < 1.29 is 0 Å². The maximum absolute atomic E-state index is 11.9. The molecule has 17 heavy (non-hydrogen) atoms. The van der Waals surface area contributed by atoms with Gasteiger partial charge in [-0.3, -0.25) is 4.79 Å². The maximum Gasteiger partial charge on any atom is 0.283 e. The molecular weight excluding hydrogens is 284 g/mol.